The van der Waals surface area contributed by atoms with E-state index in [1.807, 2.05) is 0 Å². The number of piperidine rings is 1. The van der Waals surface area contributed by atoms with E-state index in [2.05, 4.69) is 0 Å². The monoisotopic (exact) mass is 199 g/mol. The highest BCUT2D eigenvalue weighted by atomic mass is 35.5. The van der Waals surface area contributed by atoms with Crippen molar-refractivity contribution in [1.29, 1.82) is 0 Å². The average Bonchev–Trinajstić information content (AvgIpc) is 1.86. The fraction of sp³-hybridized carbons (Fsp3) is 1.00. The van der Waals surface area contributed by atoms with Gasteiger partial charge in [0.1, 0.15) is 5.25 Å². The molecule has 66 valence electrons. The van der Waals surface area contributed by atoms with Gasteiger partial charge in [-0.1, -0.05) is 0 Å². The highest BCUT2D eigenvalue weighted by Crippen LogP contribution is 2.17. The quantitative estimate of drug-likeness (QED) is 0.494. The normalized spacial score (nSPS) is 28.7. The minimum Gasteiger partial charge on any atom is -0.285 e. The van der Waals surface area contributed by atoms with Crippen molar-refractivity contribution in [3.63, 3.8) is 0 Å². The van der Waals surface area contributed by atoms with E-state index in [0.717, 1.165) is 0 Å². The molecule has 0 aromatic rings. The van der Waals surface area contributed by atoms with Gasteiger partial charge < -0.3 is 0 Å². The maximum absolute atomic E-state index is 10.6. The lowest BCUT2D eigenvalue weighted by Crippen LogP contribution is -2.37. The van der Waals surface area contributed by atoms with Gasteiger partial charge in [0.05, 0.1) is 0 Å². The van der Waals surface area contributed by atoms with Gasteiger partial charge >= 0.3 is 0 Å². The minimum absolute atomic E-state index is 0.223. The van der Waals surface area contributed by atoms with Crippen LogP contribution in [0.5, 0.6) is 0 Å². The molecule has 0 aromatic heterocycles. The van der Waals surface area contributed by atoms with Gasteiger partial charge in [0.15, 0.2) is 0 Å². The van der Waals surface area contributed by atoms with Crippen molar-refractivity contribution in [3.05, 3.63) is 0 Å². The number of hydrogen-bond acceptors (Lipinski definition) is 3. The van der Waals surface area contributed by atoms with Crippen LogP contribution in [0.15, 0.2) is 0 Å². The van der Waals surface area contributed by atoms with E-state index in [-0.39, 0.29) is 6.54 Å². The van der Waals surface area contributed by atoms with Crippen molar-refractivity contribution in [2.75, 3.05) is 13.1 Å². The molecule has 1 fully saturated rings. The van der Waals surface area contributed by atoms with Crippen LogP contribution in [0.1, 0.15) is 12.8 Å². The fourth-order valence-corrected chi connectivity index (χ4v) is 2.34. The minimum atomic E-state index is -3.88. The molecule has 1 atom stereocenters. The number of hydrogen-bond donors (Lipinski definition) is 1. The van der Waals surface area contributed by atoms with Crippen molar-refractivity contribution >= 4 is 21.9 Å². The molecule has 0 amide bonds. The molecule has 0 spiro atoms. The number of rotatable bonds is 1. The summed E-state index contributed by atoms with van der Waals surface area (Å²) in [5, 5.41) is -0.700. The molecular weight excluding hydrogens is 190 g/mol. The molecule has 0 bridgehead atoms. The first-order chi connectivity index (χ1) is 5.00. The molecule has 1 aliphatic rings. The summed E-state index contributed by atoms with van der Waals surface area (Å²) < 4.78 is 31.2. The molecule has 0 radical (unpaired) electrons. The highest BCUT2D eigenvalue weighted by Gasteiger charge is 2.28. The Morgan fingerprint density at radius 1 is 1.55 bits per heavy atom. The van der Waals surface area contributed by atoms with Crippen LogP contribution in [0.4, 0.5) is 0 Å². The smallest absolute Gasteiger partial charge is 0.269 e. The lowest BCUT2D eigenvalue weighted by Gasteiger charge is -2.24. The maximum Gasteiger partial charge on any atom is 0.269 e. The molecule has 1 heterocycles. The molecule has 1 rings (SSSR count). The molecule has 6 heteroatoms. The Bertz CT molecular complexity index is 228. The lowest BCUT2D eigenvalue weighted by atomic mass is 10.2. The Hall–Kier alpha value is 0.160. The molecule has 0 aliphatic carbocycles. The average molecular weight is 200 g/mol. The van der Waals surface area contributed by atoms with E-state index < -0.39 is 15.4 Å². The predicted molar refractivity (Wildman–Crippen MR) is 42.0 cm³/mol. The van der Waals surface area contributed by atoms with Crippen LogP contribution in [-0.2, 0) is 10.1 Å². The van der Waals surface area contributed by atoms with Crippen molar-refractivity contribution in [1.82, 2.24) is 4.42 Å². The van der Waals surface area contributed by atoms with Crippen molar-refractivity contribution < 1.29 is 13.0 Å². The van der Waals surface area contributed by atoms with Crippen LogP contribution >= 0.6 is 11.8 Å². The van der Waals surface area contributed by atoms with E-state index in [1.165, 1.54) is 4.42 Å². The molecule has 11 heavy (non-hydrogen) atoms. The molecule has 1 N–H and O–H groups in total. The maximum atomic E-state index is 10.6. The zero-order chi connectivity index (χ0) is 8.48. The van der Waals surface area contributed by atoms with Crippen LogP contribution in [0.3, 0.4) is 0 Å². The Balaban J connectivity index is 2.60. The third-order valence-corrected chi connectivity index (χ3v) is 3.28. The van der Waals surface area contributed by atoms with E-state index in [9.17, 15) is 8.42 Å². The second-order valence-corrected chi connectivity index (χ2v) is 4.82. The summed E-state index contributed by atoms with van der Waals surface area (Å²) in [5.74, 6) is 0. The van der Waals surface area contributed by atoms with Crippen LogP contribution in [-0.4, -0.2) is 35.7 Å². The standard InChI is InChI=1S/C5H10ClNO3S/c6-7-3-1-2-5(4-7)11(8,9)10/h5H,1-4H2,(H,8,9,10). The number of nitrogens with zero attached hydrogens (tertiary/aromatic N) is 1. The van der Waals surface area contributed by atoms with E-state index in [1.54, 1.807) is 0 Å². The molecule has 1 aliphatic heterocycles. The summed E-state index contributed by atoms with van der Waals surface area (Å²) in [4.78, 5) is 0. The van der Waals surface area contributed by atoms with Gasteiger partial charge in [0, 0.05) is 13.1 Å². The first-order valence-electron chi connectivity index (χ1n) is 3.37. The summed E-state index contributed by atoms with van der Waals surface area (Å²) in [6.07, 6.45) is 1.22. The van der Waals surface area contributed by atoms with Gasteiger partial charge in [-0.3, -0.25) is 4.55 Å². The third kappa shape index (κ3) is 2.59. The SMILES string of the molecule is O=S(=O)(O)C1CCCN(Cl)C1. The van der Waals surface area contributed by atoms with Gasteiger partial charge in [-0.25, -0.2) is 4.42 Å². The van der Waals surface area contributed by atoms with Crippen LogP contribution in [0.25, 0.3) is 0 Å². The summed E-state index contributed by atoms with van der Waals surface area (Å²) in [6, 6.07) is 0. The molecular formula is C5H10ClNO3S. The van der Waals surface area contributed by atoms with Crippen molar-refractivity contribution in [2.24, 2.45) is 0 Å². The van der Waals surface area contributed by atoms with Gasteiger partial charge in [-0.05, 0) is 24.6 Å². The van der Waals surface area contributed by atoms with Gasteiger partial charge in [0.25, 0.3) is 10.1 Å². The molecule has 1 saturated heterocycles. The van der Waals surface area contributed by atoms with Crippen LogP contribution in [0, 0.1) is 0 Å². The van der Waals surface area contributed by atoms with Gasteiger partial charge in [0.2, 0.25) is 0 Å². The Labute approximate surface area is 71.0 Å². The fourth-order valence-electron chi connectivity index (χ4n) is 1.14. The zero-order valence-electron chi connectivity index (χ0n) is 5.90. The molecule has 4 nitrogen and oxygen atoms in total. The van der Waals surface area contributed by atoms with Crippen molar-refractivity contribution in [2.45, 2.75) is 18.1 Å². The van der Waals surface area contributed by atoms with Crippen molar-refractivity contribution in [3.8, 4) is 0 Å². The molecule has 0 aromatic carbocycles. The topological polar surface area (TPSA) is 57.6 Å². The summed E-state index contributed by atoms with van der Waals surface area (Å²) in [6.45, 7) is 0.911. The Morgan fingerprint density at radius 3 is 2.55 bits per heavy atom. The molecule has 0 saturated carbocycles. The second-order valence-electron chi connectivity index (χ2n) is 2.65. The van der Waals surface area contributed by atoms with Crippen LogP contribution < -0.4 is 0 Å². The first-order valence-corrected chi connectivity index (χ1v) is 5.21. The molecule has 1 unspecified atom stereocenters. The Morgan fingerprint density at radius 2 is 2.18 bits per heavy atom. The lowest BCUT2D eigenvalue weighted by molar-refractivity contribution is 0.350. The van der Waals surface area contributed by atoms with E-state index >= 15 is 0 Å². The summed E-state index contributed by atoms with van der Waals surface area (Å²) in [7, 11) is -3.88. The van der Waals surface area contributed by atoms with E-state index in [0.29, 0.717) is 19.4 Å². The highest BCUT2D eigenvalue weighted by molar-refractivity contribution is 7.86. The largest absolute Gasteiger partial charge is 0.285 e. The third-order valence-electron chi connectivity index (χ3n) is 1.75. The van der Waals surface area contributed by atoms with Crippen LogP contribution in [0.2, 0.25) is 0 Å². The number of halogens is 1. The van der Waals surface area contributed by atoms with E-state index in [4.69, 9.17) is 16.3 Å². The second kappa shape index (κ2) is 3.26. The zero-order valence-corrected chi connectivity index (χ0v) is 7.48. The summed E-state index contributed by atoms with van der Waals surface area (Å²) >= 11 is 5.58. The predicted octanol–water partition coefficient (Wildman–Crippen LogP) is 0.492. The summed E-state index contributed by atoms with van der Waals surface area (Å²) in [5.41, 5.74) is 0. The van der Waals surface area contributed by atoms with Gasteiger partial charge in [-0.15, -0.1) is 0 Å². The Kier molecular flexibility index (Phi) is 2.74. The van der Waals surface area contributed by atoms with Gasteiger partial charge in [-0.2, -0.15) is 8.42 Å². The first kappa shape index (κ1) is 9.25.